The number of rotatable bonds is 2. The molecule has 0 bridgehead atoms. The van der Waals surface area contributed by atoms with Gasteiger partial charge in [0, 0.05) is 31.3 Å². The normalized spacial score (nSPS) is 28.9. The lowest BCUT2D eigenvalue weighted by Crippen LogP contribution is -2.46. The van der Waals surface area contributed by atoms with Gasteiger partial charge >= 0.3 is 5.97 Å². The zero-order valence-corrected chi connectivity index (χ0v) is 8.34. The molecule has 4 nitrogen and oxygen atoms in total. The lowest BCUT2D eigenvalue weighted by Gasteiger charge is -2.39. The molecule has 2 rings (SSSR count). The molecule has 78 valence electrons. The maximum atomic E-state index is 11.6. The number of esters is 1. The van der Waals surface area contributed by atoms with Crippen molar-refractivity contribution in [2.75, 3.05) is 19.7 Å². The highest BCUT2D eigenvalue weighted by atomic mass is 16.5. The van der Waals surface area contributed by atoms with Gasteiger partial charge in [0.05, 0.1) is 12.5 Å². The highest BCUT2D eigenvalue weighted by Gasteiger charge is 2.55. The van der Waals surface area contributed by atoms with Crippen molar-refractivity contribution in [3.63, 3.8) is 0 Å². The largest absolute Gasteiger partial charge is 0.466 e. The molecule has 1 aliphatic carbocycles. The fourth-order valence-electron chi connectivity index (χ4n) is 2.49. The van der Waals surface area contributed by atoms with E-state index in [-0.39, 0.29) is 23.1 Å². The summed E-state index contributed by atoms with van der Waals surface area (Å²) < 4.78 is 5.00. The van der Waals surface area contributed by atoms with E-state index in [4.69, 9.17) is 4.74 Å². The molecule has 4 heteroatoms. The summed E-state index contributed by atoms with van der Waals surface area (Å²) in [5.41, 5.74) is -0.108. The van der Waals surface area contributed by atoms with Crippen molar-refractivity contribution < 1.29 is 14.3 Å². The van der Waals surface area contributed by atoms with Crippen molar-refractivity contribution >= 4 is 11.8 Å². The van der Waals surface area contributed by atoms with Gasteiger partial charge in [-0.05, 0) is 6.92 Å². The van der Waals surface area contributed by atoms with Gasteiger partial charge in [-0.25, -0.2) is 0 Å². The summed E-state index contributed by atoms with van der Waals surface area (Å²) >= 11 is 0. The molecule has 0 amide bonds. The smallest absolute Gasteiger partial charge is 0.310 e. The minimum Gasteiger partial charge on any atom is -0.466 e. The van der Waals surface area contributed by atoms with E-state index < -0.39 is 0 Å². The predicted octanol–water partition coefficient (Wildman–Crippen LogP) is 0.118. The van der Waals surface area contributed by atoms with Gasteiger partial charge in [0.1, 0.15) is 5.78 Å². The second-order valence-corrected chi connectivity index (χ2v) is 4.19. The van der Waals surface area contributed by atoms with E-state index in [0.717, 1.165) is 6.54 Å². The Labute approximate surface area is 83.0 Å². The molecule has 2 aliphatic rings. The number of carbonyl (C=O) groups is 2. The van der Waals surface area contributed by atoms with Crippen LogP contribution in [0.2, 0.25) is 0 Å². The first-order valence-corrected chi connectivity index (χ1v) is 5.07. The molecule has 1 aliphatic heterocycles. The maximum absolute atomic E-state index is 11.6. The summed E-state index contributed by atoms with van der Waals surface area (Å²) in [5.74, 6) is 0.00754. The van der Waals surface area contributed by atoms with Crippen molar-refractivity contribution in [3.8, 4) is 0 Å². The lowest BCUT2D eigenvalue weighted by molar-refractivity contribution is -0.155. The SMILES string of the molecule is CCOC(=O)C1CNCC12CC(=O)C2. The molecule has 0 radical (unpaired) electrons. The van der Waals surface area contributed by atoms with Crippen LogP contribution in [0.4, 0.5) is 0 Å². The summed E-state index contributed by atoms with van der Waals surface area (Å²) in [4.78, 5) is 22.6. The molecule has 1 spiro atoms. The number of ketones is 1. The third kappa shape index (κ3) is 1.34. The number of Topliss-reactive ketones (excluding diaryl/α,β-unsaturated/α-hetero) is 1. The molecule has 1 N–H and O–H groups in total. The number of hydrogen-bond donors (Lipinski definition) is 1. The van der Waals surface area contributed by atoms with E-state index >= 15 is 0 Å². The molecule has 0 aromatic carbocycles. The van der Waals surface area contributed by atoms with E-state index in [9.17, 15) is 9.59 Å². The summed E-state index contributed by atoms with van der Waals surface area (Å²) in [5, 5.41) is 3.17. The van der Waals surface area contributed by atoms with Gasteiger partial charge in [0.25, 0.3) is 0 Å². The van der Waals surface area contributed by atoms with Crippen LogP contribution < -0.4 is 5.32 Å². The molecule has 14 heavy (non-hydrogen) atoms. The number of nitrogens with one attached hydrogen (secondary N) is 1. The van der Waals surface area contributed by atoms with Crippen LogP contribution in [0.3, 0.4) is 0 Å². The van der Waals surface area contributed by atoms with Gasteiger partial charge in [-0.1, -0.05) is 0 Å². The van der Waals surface area contributed by atoms with Gasteiger partial charge in [0.15, 0.2) is 0 Å². The minimum atomic E-state index is -0.148. The molecule has 1 heterocycles. The standard InChI is InChI=1S/C10H15NO3/c1-2-14-9(13)8-5-11-6-10(8)3-7(12)4-10/h8,11H,2-6H2,1H3. The van der Waals surface area contributed by atoms with E-state index in [2.05, 4.69) is 5.32 Å². The molecule has 0 aromatic heterocycles. The Hall–Kier alpha value is -0.900. The van der Waals surface area contributed by atoms with Gasteiger partial charge in [0.2, 0.25) is 0 Å². The lowest BCUT2D eigenvalue weighted by atomic mass is 9.62. The number of hydrogen-bond acceptors (Lipinski definition) is 4. The summed E-state index contributed by atoms with van der Waals surface area (Å²) in [7, 11) is 0. The third-order valence-corrected chi connectivity index (χ3v) is 3.23. The average molecular weight is 197 g/mol. The fourth-order valence-corrected chi connectivity index (χ4v) is 2.49. The van der Waals surface area contributed by atoms with Crippen LogP contribution in [-0.2, 0) is 14.3 Å². The van der Waals surface area contributed by atoms with Crippen LogP contribution in [-0.4, -0.2) is 31.4 Å². The van der Waals surface area contributed by atoms with Crippen molar-refractivity contribution in [1.29, 1.82) is 0 Å². The van der Waals surface area contributed by atoms with E-state index in [0.29, 0.717) is 26.0 Å². The molecular weight excluding hydrogens is 182 g/mol. The summed E-state index contributed by atoms with van der Waals surface area (Å²) in [6.45, 7) is 3.66. The first-order valence-electron chi connectivity index (χ1n) is 5.07. The van der Waals surface area contributed by atoms with Crippen LogP contribution in [0.25, 0.3) is 0 Å². The second-order valence-electron chi connectivity index (χ2n) is 4.19. The molecule has 2 fully saturated rings. The Morgan fingerprint density at radius 2 is 2.36 bits per heavy atom. The molecule has 1 saturated heterocycles. The minimum absolute atomic E-state index is 0.108. The highest BCUT2D eigenvalue weighted by Crippen LogP contribution is 2.47. The average Bonchev–Trinajstić information content (AvgIpc) is 2.48. The van der Waals surface area contributed by atoms with Crippen molar-refractivity contribution in [2.45, 2.75) is 19.8 Å². The Bertz CT molecular complexity index is 267. The van der Waals surface area contributed by atoms with Gasteiger partial charge in [-0.15, -0.1) is 0 Å². The topological polar surface area (TPSA) is 55.4 Å². The Kier molecular flexibility index (Phi) is 2.31. The van der Waals surface area contributed by atoms with Crippen molar-refractivity contribution in [3.05, 3.63) is 0 Å². The third-order valence-electron chi connectivity index (χ3n) is 3.23. The number of carbonyl (C=O) groups excluding carboxylic acids is 2. The maximum Gasteiger partial charge on any atom is 0.310 e. The van der Waals surface area contributed by atoms with Crippen LogP contribution in [0.5, 0.6) is 0 Å². The summed E-state index contributed by atoms with van der Waals surface area (Å²) in [6.07, 6.45) is 1.09. The quantitative estimate of drug-likeness (QED) is 0.639. The van der Waals surface area contributed by atoms with Gasteiger partial charge in [-0.2, -0.15) is 0 Å². The number of ether oxygens (including phenoxy) is 1. The monoisotopic (exact) mass is 197 g/mol. The highest BCUT2D eigenvalue weighted by molar-refractivity contribution is 5.89. The Morgan fingerprint density at radius 3 is 2.93 bits per heavy atom. The van der Waals surface area contributed by atoms with Crippen LogP contribution in [0, 0.1) is 11.3 Å². The van der Waals surface area contributed by atoms with Crippen molar-refractivity contribution in [1.82, 2.24) is 5.32 Å². The molecule has 1 saturated carbocycles. The van der Waals surface area contributed by atoms with Gasteiger partial charge < -0.3 is 10.1 Å². The molecule has 0 aromatic rings. The zero-order valence-electron chi connectivity index (χ0n) is 8.34. The Morgan fingerprint density at radius 1 is 1.64 bits per heavy atom. The van der Waals surface area contributed by atoms with Crippen LogP contribution in [0.15, 0.2) is 0 Å². The second kappa shape index (κ2) is 3.35. The molecule has 1 unspecified atom stereocenters. The van der Waals surface area contributed by atoms with Crippen LogP contribution >= 0.6 is 0 Å². The van der Waals surface area contributed by atoms with E-state index in [1.807, 2.05) is 0 Å². The predicted molar refractivity (Wildman–Crippen MR) is 49.7 cm³/mol. The first kappa shape index (κ1) is 9.65. The zero-order chi connectivity index (χ0) is 10.2. The first-order chi connectivity index (χ1) is 6.68. The van der Waals surface area contributed by atoms with E-state index in [1.54, 1.807) is 6.92 Å². The molecule has 1 atom stereocenters. The van der Waals surface area contributed by atoms with E-state index in [1.165, 1.54) is 0 Å². The summed E-state index contributed by atoms with van der Waals surface area (Å²) in [6, 6.07) is 0. The fraction of sp³-hybridized carbons (Fsp3) is 0.800. The van der Waals surface area contributed by atoms with Crippen molar-refractivity contribution in [2.24, 2.45) is 11.3 Å². The Balaban J connectivity index is 2.04. The molecular formula is C10H15NO3. The van der Waals surface area contributed by atoms with Crippen LogP contribution in [0.1, 0.15) is 19.8 Å². The van der Waals surface area contributed by atoms with Gasteiger partial charge in [-0.3, -0.25) is 9.59 Å².